The number of fused-ring (bicyclic) bond motifs is 10. The Bertz CT molecular complexity index is 5210. The van der Waals surface area contributed by atoms with Gasteiger partial charge in [0.25, 0.3) is 5.78 Å². The number of nitrogens with one attached hydrogen (secondary N) is 3. The van der Waals surface area contributed by atoms with Gasteiger partial charge in [0.05, 0.1) is 88.5 Å². The summed E-state index contributed by atoms with van der Waals surface area (Å²) < 4.78 is 86.3. The van der Waals surface area contributed by atoms with Gasteiger partial charge in [0.1, 0.15) is 45.6 Å². The maximum absolute atomic E-state index is 12.5. The number of ketones is 3. The molecule has 0 aromatic carbocycles. The van der Waals surface area contributed by atoms with Gasteiger partial charge in [-0.1, -0.05) is 25.8 Å². The molecular weight excluding hydrogens is 1870 g/mol. The highest BCUT2D eigenvalue weighted by Crippen LogP contribution is 2.58. The zero-order valence-electron chi connectivity index (χ0n) is 85.8. The number of piperidine rings is 2. The van der Waals surface area contributed by atoms with Gasteiger partial charge in [-0.2, -0.15) is 0 Å². The van der Waals surface area contributed by atoms with Crippen LogP contribution in [0.5, 0.6) is 0 Å². The third-order valence-corrected chi connectivity index (χ3v) is 26.2. The first-order valence-electron chi connectivity index (χ1n) is 49.4. The number of likely N-dealkylation sites (tertiary alicyclic amines) is 2. The summed E-state index contributed by atoms with van der Waals surface area (Å²) in [7, 11) is 0. The molecule has 44 nitrogen and oxygen atoms in total. The molecular formula is C99H138N12O32. The lowest BCUT2D eigenvalue weighted by atomic mass is 9.82. The number of carbonyl (C=O) groups excluding carboxylic acids is 15. The van der Waals surface area contributed by atoms with E-state index >= 15 is 0 Å². The van der Waals surface area contributed by atoms with E-state index in [1.165, 1.54) is 4.90 Å². The fourth-order valence-electron chi connectivity index (χ4n) is 18.0. The van der Waals surface area contributed by atoms with Crippen molar-refractivity contribution in [2.45, 2.75) is 317 Å². The number of Topliss-reactive ketones (excluding diaryl/α,β-unsaturated/α-hetero) is 3. The number of ether oxygens (including phenoxy) is 12. The van der Waals surface area contributed by atoms with E-state index in [4.69, 9.17) is 70.0 Å². The van der Waals surface area contributed by atoms with Gasteiger partial charge in [0.2, 0.25) is 11.5 Å². The Morgan fingerprint density at radius 2 is 0.636 bits per heavy atom. The number of hydrogen-bond donors (Lipinski definition) is 3. The standard InChI is InChI=1S/2C16H22N2O5.C16H23NO6.C12H19NO3.3C11H14N2O3.C6H10O4/c1-5-21-13(19)11-10-8-18(14(20)22-15(2,3)4)9-16(6-7-16)12(10)17-23-11;1-5-21-13(19)11-10-8-18(14(20)22-15(2,3)4)9-16(6-7-16)12(10)23-17-11;1-5-22-13(20)11(18)10-8-17(14(21)23-15(2,3)4)9-16(6-7-16)12(10)19;1-11(2,3)16-10(15)13-7-4-9(14)12(8-13)5-6-12;1-2-15-10(14)8-7-5-12-6-11(3-4-11)9(7)13-16-8;2*1-2-15-10(14)8-7-5-12-6-11(3-4-11)9(7)16-13-8;1-3-9-5(7)6(8)10-4-2/h2*5-9H2,1-4H3;10H,5-9H2,1-4H3;4-8H2,1-3H3;3*12H,2-6H2,1H3;3-4H2,1-2H3. The molecule has 5 aromatic heterocycles. The predicted octanol–water partition coefficient (Wildman–Crippen LogP) is 11.6. The van der Waals surface area contributed by atoms with Crippen molar-refractivity contribution in [3.63, 3.8) is 0 Å². The van der Waals surface area contributed by atoms with Gasteiger partial charge in [0, 0.05) is 140 Å². The third-order valence-electron chi connectivity index (χ3n) is 26.2. The first-order chi connectivity index (χ1) is 67.4. The van der Waals surface area contributed by atoms with Crippen molar-refractivity contribution in [2.24, 2.45) is 16.7 Å². The lowest BCUT2D eigenvalue weighted by molar-refractivity contribution is -0.167. The maximum Gasteiger partial charge on any atom is 0.417 e. The zero-order valence-corrected chi connectivity index (χ0v) is 85.8. The van der Waals surface area contributed by atoms with Crippen LogP contribution < -0.4 is 16.0 Å². The van der Waals surface area contributed by atoms with Crippen LogP contribution in [0.15, 0.2) is 22.6 Å². The Morgan fingerprint density at radius 3 is 1.02 bits per heavy atom. The fourth-order valence-corrected chi connectivity index (χ4v) is 18.0. The fraction of sp³-hybridized carbons (Fsp3) is 0.697. The molecule has 0 bridgehead atoms. The number of aromatic nitrogens is 5. The average molecular weight is 2010 g/mol. The first-order valence-corrected chi connectivity index (χ1v) is 49.4. The summed E-state index contributed by atoms with van der Waals surface area (Å²) in [6.07, 6.45) is 12.4. The van der Waals surface area contributed by atoms with E-state index in [9.17, 15) is 71.9 Å². The molecule has 14 aliphatic rings. The van der Waals surface area contributed by atoms with Crippen molar-refractivity contribution >= 4 is 89.5 Å². The summed E-state index contributed by atoms with van der Waals surface area (Å²) in [5.74, 6) is -4.17. The van der Waals surface area contributed by atoms with Gasteiger partial charge in [-0.05, 0) is 228 Å². The molecule has 44 heteroatoms. The highest BCUT2D eigenvalue weighted by atomic mass is 16.6. The molecule has 1 atom stereocenters. The van der Waals surface area contributed by atoms with Crippen molar-refractivity contribution in [3.05, 3.63) is 85.1 Å². The number of carbonyl (C=O) groups is 15. The average Bonchev–Trinajstić information content (AvgIpc) is 1.56. The minimum absolute atomic E-state index is 0.0619. The Kier molecular flexibility index (Phi) is 33.8. The second-order valence-corrected chi connectivity index (χ2v) is 42.1. The van der Waals surface area contributed by atoms with Gasteiger partial charge in [-0.25, -0.2) is 57.5 Å². The Morgan fingerprint density at radius 1 is 0.329 bits per heavy atom. The molecule has 7 aliphatic carbocycles. The molecule has 5 aromatic rings. The van der Waals surface area contributed by atoms with Crippen LogP contribution in [-0.4, -0.2) is 269 Å². The van der Waals surface area contributed by atoms with Gasteiger partial charge in [-0.15, -0.1) is 0 Å². The molecule has 9 fully saturated rings. The van der Waals surface area contributed by atoms with Crippen LogP contribution in [0, 0.1) is 16.7 Å². The third kappa shape index (κ3) is 26.3. The summed E-state index contributed by atoms with van der Waals surface area (Å²) in [5.41, 5.74) is 3.39. The molecule has 143 heavy (non-hydrogen) atoms. The summed E-state index contributed by atoms with van der Waals surface area (Å²) in [6.45, 7) is 45.0. The SMILES string of the molecule is CC(C)(C)OC(=O)N1CCC(=O)C2(CC2)C1.CCOC(=O)C(=O)C1CN(C(=O)OC(C)(C)C)CC2(CC2)C1=O.CCOC(=O)C(=O)OCC.CCOC(=O)c1noc2c1CN(C(=O)OC(C)(C)C)CC21CC1.CCOC(=O)c1noc2c1CNCC21CC1.CCOC(=O)c1noc2c1CNCC21CC1.CCOC(=O)c1onc2c1CN(C(=O)OC(C)(C)C)CC21CC1.CCOC(=O)c1onc2c1CNCC21CC1. The lowest BCUT2D eigenvalue weighted by Gasteiger charge is -2.36. The smallest absolute Gasteiger partial charge is 0.417 e. The second kappa shape index (κ2) is 44.2. The van der Waals surface area contributed by atoms with Gasteiger partial charge < -0.3 is 115 Å². The summed E-state index contributed by atoms with van der Waals surface area (Å²) in [4.78, 5) is 183. The van der Waals surface area contributed by atoms with Crippen LogP contribution in [0.1, 0.15) is 344 Å². The van der Waals surface area contributed by atoms with Crippen LogP contribution in [0.4, 0.5) is 19.2 Å². The number of amides is 4. The van der Waals surface area contributed by atoms with Gasteiger partial charge in [0.15, 0.2) is 28.6 Å². The van der Waals surface area contributed by atoms with Crippen molar-refractivity contribution in [3.8, 4) is 0 Å². The second-order valence-electron chi connectivity index (χ2n) is 42.1. The van der Waals surface area contributed by atoms with E-state index in [-0.39, 0.29) is 145 Å². The van der Waals surface area contributed by atoms with E-state index in [1.54, 1.807) is 90.9 Å². The monoisotopic (exact) mass is 2010 g/mol. The lowest BCUT2D eigenvalue weighted by Crippen LogP contribution is -2.54. The largest absolute Gasteiger partial charge is 0.461 e. The zero-order chi connectivity index (χ0) is 105. The number of esters is 8. The van der Waals surface area contributed by atoms with E-state index in [0.29, 0.717) is 113 Å². The normalized spacial score (nSPS) is 19.7. The molecule has 0 radical (unpaired) electrons. The molecule has 7 spiro atoms. The quantitative estimate of drug-likeness (QED) is 0.0379. The molecule has 2 saturated heterocycles. The van der Waals surface area contributed by atoms with Crippen molar-refractivity contribution in [1.29, 1.82) is 0 Å². The summed E-state index contributed by atoms with van der Waals surface area (Å²) in [5, 5.41) is 29.7. The van der Waals surface area contributed by atoms with Crippen molar-refractivity contribution in [1.82, 2.24) is 61.3 Å². The van der Waals surface area contributed by atoms with E-state index in [1.807, 2.05) is 62.3 Å². The minimum atomic E-state index is -1.15. The maximum atomic E-state index is 12.5. The van der Waals surface area contributed by atoms with Gasteiger partial charge >= 0.3 is 72.1 Å². The predicted molar refractivity (Wildman–Crippen MR) is 497 cm³/mol. The highest BCUT2D eigenvalue weighted by molar-refractivity contribution is 6.39. The van der Waals surface area contributed by atoms with Crippen LogP contribution >= 0.6 is 0 Å². The molecule has 7 aliphatic heterocycles. The number of rotatable bonds is 15. The Balaban J connectivity index is 0.000000147. The van der Waals surface area contributed by atoms with Crippen LogP contribution in [-0.2, 0) is 145 Å². The number of nitrogens with zero attached hydrogens (tertiary/aromatic N) is 9. The van der Waals surface area contributed by atoms with Crippen LogP contribution in [0.25, 0.3) is 0 Å². The van der Waals surface area contributed by atoms with Crippen LogP contribution in [0.2, 0.25) is 0 Å². The summed E-state index contributed by atoms with van der Waals surface area (Å²) in [6, 6.07) is 0. The van der Waals surface area contributed by atoms with Gasteiger partial charge in [-0.3, -0.25) is 14.4 Å². The first kappa shape index (κ1) is 110. The highest BCUT2D eigenvalue weighted by Gasteiger charge is 2.62. The molecule has 3 N–H and O–H groups in total. The van der Waals surface area contributed by atoms with E-state index < -0.39 is 81.4 Å². The molecule has 7 saturated carbocycles. The molecule has 786 valence electrons. The molecule has 12 heterocycles. The van der Waals surface area contributed by atoms with E-state index in [2.05, 4.69) is 51.2 Å². The molecule has 1 unspecified atom stereocenters. The Hall–Kier alpha value is -12.2. The van der Waals surface area contributed by atoms with Crippen molar-refractivity contribution in [2.75, 3.05) is 112 Å². The van der Waals surface area contributed by atoms with E-state index in [0.717, 1.165) is 142 Å². The van der Waals surface area contributed by atoms with Crippen molar-refractivity contribution < 1.29 is 151 Å². The summed E-state index contributed by atoms with van der Waals surface area (Å²) >= 11 is 0. The van der Waals surface area contributed by atoms with Crippen LogP contribution in [0.3, 0.4) is 0 Å². The molecule has 4 amide bonds. The molecule has 19 rings (SSSR count). The Labute approximate surface area is 829 Å². The minimum Gasteiger partial charge on any atom is -0.461 e. The number of hydrogen-bond acceptors (Lipinski definition) is 40. The topological polar surface area (TPSA) is 546 Å².